The molecule has 154 valence electrons. The lowest BCUT2D eigenvalue weighted by Gasteiger charge is -2.11. The minimum Gasteiger partial charge on any atom is -0.326 e. The van der Waals surface area contributed by atoms with Crippen LogP contribution in [0.1, 0.15) is 47.2 Å². The van der Waals surface area contributed by atoms with Crippen LogP contribution in [0.25, 0.3) is 0 Å². The molecule has 3 nitrogen and oxygen atoms in total. The molecule has 1 fully saturated rings. The highest BCUT2D eigenvalue weighted by atomic mass is 35.5. The quantitative estimate of drug-likeness (QED) is 0.362. The van der Waals surface area contributed by atoms with Crippen LogP contribution in [0.2, 0.25) is 10.0 Å². The summed E-state index contributed by atoms with van der Waals surface area (Å²) in [6, 6.07) is 7.37. The van der Waals surface area contributed by atoms with Crippen molar-refractivity contribution < 1.29 is 14.0 Å². The number of nitrogens with one attached hydrogen (secondary N) is 1. The molecule has 0 aliphatic heterocycles. The number of carbonyl (C=O) groups excluding carboxylic acids is 2. The number of ketones is 1. The van der Waals surface area contributed by atoms with Crippen molar-refractivity contribution >= 4 is 63.8 Å². The second kappa shape index (κ2) is 8.43. The highest BCUT2D eigenvalue weighted by Crippen LogP contribution is 2.65. The van der Waals surface area contributed by atoms with Gasteiger partial charge in [-0.15, -0.1) is 23.2 Å². The number of anilines is 1. The van der Waals surface area contributed by atoms with Crippen molar-refractivity contribution in [3.63, 3.8) is 0 Å². The number of Topliss-reactive ketones (excluding diaryl/α,β-unsaturated/α-hetero) is 1. The summed E-state index contributed by atoms with van der Waals surface area (Å²) in [7, 11) is 0. The summed E-state index contributed by atoms with van der Waals surface area (Å²) in [5, 5.41) is 3.07. The van der Waals surface area contributed by atoms with Crippen LogP contribution < -0.4 is 5.32 Å². The predicted molar refractivity (Wildman–Crippen MR) is 116 cm³/mol. The molecule has 29 heavy (non-hydrogen) atoms. The zero-order valence-corrected chi connectivity index (χ0v) is 18.7. The first-order chi connectivity index (χ1) is 13.6. The molecule has 0 radical (unpaired) electrons. The van der Waals surface area contributed by atoms with Crippen molar-refractivity contribution in [3.05, 3.63) is 62.9 Å². The van der Waals surface area contributed by atoms with E-state index in [1.54, 1.807) is 19.1 Å². The van der Waals surface area contributed by atoms with Gasteiger partial charge in [0.25, 0.3) is 0 Å². The molecule has 1 N–H and O–H groups in total. The van der Waals surface area contributed by atoms with E-state index in [2.05, 4.69) is 5.32 Å². The summed E-state index contributed by atoms with van der Waals surface area (Å²) in [6.07, 6.45) is 1.05. The Morgan fingerprint density at radius 3 is 2.48 bits per heavy atom. The number of rotatable bonds is 6. The molecule has 1 aliphatic carbocycles. The summed E-state index contributed by atoms with van der Waals surface area (Å²) < 4.78 is 12.1. The van der Waals surface area contributed by atoms with Gasteiger partial charge in [-0.3, -0.25) is 9.59 Å². The summed E-state index contributed by atoms with van der Waals surface area (Å²) in [4.78, 5) is 25.1. The maximum Gasteiger partial charge on any atom is 0.231 e. The number of aryl methyl sites for hydroxylation is 1. The molecule has 0 heterocycles. The van der Waals surface area contributed by atoms with E-state index in [0.717, 1.165) is 0 Å². The lowest BCUT2D eigenvalue weighted by atomic mass is 10.0. The van der Waals surface area contributed by atoms with Crippen molar-refractivity contribution in [2.24, 2.45) is 5.92 Å². The number of alkyl halides is 2. The molecule has 2 unspecified atom stereocenters. The highest BCUT2D eigenvalue weighted by Gasteiger charge is 2.67. The van der Waals surface area contributed by atoms with Gasteiger partial charge >= 0.3 is 0 Å². The Morgan fingerprint density at radius 1 is 1.17 bits per heavy atom. The minimum absolute atomic E-state index is 0.0647. The molecule has 8 heteroatoms. The lowest BCUT2D eigenvalue weighted by Crippen LogP contribution is -2.17. The molecule has 0 spiro atoms. The van der Waals surface area contributed by atoms with Crippen molar-refractivity contribution in [1.82, 2.24) is 0 Å². The third-order valence-corrected chi connectivity index (χ3v) is 6.67. The van der Waals surface area contributed by atoms with E-state index in [4.69, 9.17) is 46.4 Å². The molecule has 2 aromatic carbocycles. The minimum atomic E-state index is -1.34. The number of halogens is 5. The zero-order valence-electron chi connectivity index (χ0n) is 15.7. The first kappa shape index (κ1) is 22.4. The van der Waals surface area contributed by atoms with E-state index in [0.29, 0.717) is 40.2 Å². The van der Waals surface area contributed by atoms with Gasteiger partial charge in [-0.25, -0.2) is 4.39 Å². The normalized spacial score (nSPS) is 19.7. The molecule has 1 aliphatic rings. The van der Waals surface area contributed by atoms with Crippen LogP contribution >= 0.6 is 46.4 Å². The van der Waals surface area contributed by atoms with Gasteiger partial charge < -0.3 is 5.32 Å². The van der Waals surface area contributed by atoms with Crippen LogP contribution in [0.15, 0.2) is 30.3 Å². The zero-order chi connectivity index (χ0) is 21.5. The number of benzene rings is 2. The van der Waals surface area contributed by atoms with E-state index < -0.39 is 27.9 Å². The number of carbonyl (C=O) groups is 2. The SMILES string of the molecule is CCCC(=O)c1cc(NC(=O)C2C(c3ccc(F)c(Cl)c3)C2(Cl)Cl)cc(C)c1Cl. The van der Waals surface area contributed by atoms with Gasteiger partial charge in [-0.05, 0) is 48.7 Å². The maximum absolute atomic E-state index is 13.4. The van der Waals surface area contributed by atoms with Crippen LogP contribution in [0, 0.1) is 18.7 Å². The van der Waals surface area contributed by atoms with E-state index in [9.17, 15) is 14.0 Å². The van der Waals surface area contributed by atoms with Crippen LogP contribution in [-0.4, -0.2) is 16.0 Å². The Bertz CT molecular complexity index is 993. The summed E-state index contributed by atoms with van der Waals surface area (Å²) in [6.45, 7) is 3.66. The van der Waals surface area contributed by atoms with Gasteiger partial charge in [0.05, 0.1) is 16.0 Å². The van der Waals surface area contributed by atoms with Crippen molar-refractivity contribution in [3.8, 4) is 0 Å². The molecule has 2 aromatic rings. The fourth-order valence-corrected chi connectivity index (χ4v) is 4.63. The molecule has 0 saturated heterocycles. The highest BCUT2D eigenvalue weighted by molar-refractivity contribution is 6.53. The van der Waals surface area contributed by atoms with Crippen LogP contribution in [0.5, 0.6) is 0 Å². The van der Waals surface area contributed by atoms with Crippen LogP contribution in [0.3, 0.4) is 0 Å². The van der Waals surface area contributed by atoms with E-state index in [-0.39, 0.29) is 10.8 Å². The number of hydrogen-bond acceptors (Lipinski definition) is 2. The van der Waals surface area contributed by atoms with Gasteiger partial charge in [-0.1, -0.05) is 36.2 Å². The van der Waals surface area contributed by atoms with Crippen LogP contribution in [-0.2, 0) is 4.79 Å². The predicted octanol–water partition coefficient (Wildman–Crippen LogP) is 6.95. The van der Waals surface area contributed by atoms with E-state index >= 15 is 0 Å². The average Bonchev–Trinajstić information content (AvgIpc) is 3.22. The molecular weight excluding hydrogens is 459 g/mol. The smallest absolute Gasteiger partial charge is 0.231 e. The average molecular weight is 477 g/mol. The van der Waals surface area contributed by atoms with Gasteiger partial charge in [-0.2, -0.15) is 0 Å². The fraction of sp³-hybridized carbons (Fsp3) is 0.333. The first-order valence-electron chi connectivity index (χ1n) is 9.04. The molecule has 0 bridgehead atoms. The molecule has 0 aromatic heterocycles. The Balaban J connectivity index is 1.83. The first-order valence-corrected chi connectivity index (χ1v) is 10.6. The standard InChI is InChI=1S/C21H18Cl4FNO2/c1-3-4-16(28)13-9-12(7-10(2)19(13)23)27-20(29)18-17(21(18,24)25)11-5-6-15(26)14(22)8-11/h5-9,17-18H,3-4H2,1-2H3,(H,27,29). The molecule has 3 rings (SSSR count). The third kappa shape index (κ3) is 4.41. The summed E-state index contributed by atoms with van der Waals surface area (Å²) in [5.41, 5.74) is 2.05. The third-order valence-electron chi connectivity index (χ3n) is 4.94. The van der Waals surface area contributed by atoms with Gasteiger partial charge in [0, 0.05) is 23.6 Å². The van der Waals surface area contributed by atoms with Crippen molar-refractivity contribution in [1.29, 1.82) is 0 Å². The maximum atomic E-state index is 13.4. The topological polar surface area (TPSA) is 46.2 Å². The number of hydrogen-bond donors (Lipinski definition) is 1. The van der Waals surface area contributed by atoms with E-state index in [1.165, 1.54) is 18.2 Å². The Kier molecular flexibility index (Phi) is 6.50. The Labute approximate surface area is 188 Å². The summed E-state index contributed by atoms with van der Waals surface area (Å²) >= 11 is 24.8. The lowest BCUT2D eigenvalue weighted by molar-refractivity contribution is -0.117. The molecule has 1 saturated carbocycles. The Morgan fingerprint density at radius 2 is 1.86 bits per heavy atom. The number of amides is 1. The summed E-state index contributed by atoms with van der Waals surface area (Å²) in [5.74, 6) is -2.34. The monoisotopic (exact) mass is 475 g/mol. The molecule has 2 atom stereocenters. The fourth-order valence-electron chi connectivity index (χ4n) is 3.40. The molecular formula is C21H18Cl4FNO2. The van der Waals surface area contributed by atoms with Crippen LogP contribution in [0.4, 0.5) is 10.1 Å². The largest absolute Gasteiger partial charge is 0.326 e. The second-order valence-corrected chi connectivity index (χ2v) is 9.35. The van der Waals surface area contributed by atoms with Gasteiger partial charge in [0.1, 0.15) is 10.2 Å². The van der Waals surface area contributed by atoms with E-state index in [1.807, 2.05) is 6.92 Å². The second-order valence-electron chi connectivity index (χ2n) is 7.12. The Hall–Kier alpha value is -1.33. The van der Waals surface area contributed by atoms with Gasteiger partial charge in [0.15, 0.2) is 5.78 Å². The molecule has 1 amide bonds. The van der Waals surface area contributed by atoms with Crippen molar-refractivity contribution in [2.45, 2.75) is 36.9 Å². The van der Waals surface area contributed by atoms with Crippen molar-refractivity contribution in [2.75, 3.05) is 5.32 Å². The van der Waals surface area contributed by atoms with Gasteiger partial charge in [0.2, 0.25) is 5.91 Å².